The minimum absolute atomic E-state index is 0.241. The number of nitrogens with one attached hydrogen (secondary N) is 1. The highest BCUT2D eigenvalue weighted by Crippen LogP contribution is 2.26. The van der Waals surface area contributed by atoms with Crippen LogP contribution in [0.25, 0.3) is 0 Å². The Kier molecular flexibility index (Phi) is 4.77. The zero-order valence-electron chi connectivity index (χ0n) is 12.3. The molecule has 5 nitrogen and oxygen atoms in total. The fraction of sp³-hybridized carbons (Fsp3) is 0.357. The monoisotopic (exact) mass is 325 g/mol. The van der Waals surface area contributed by atoms with Gasteiger partial charge in [0, 0.05) is 11.4 Å². The Bertz CT molecular complexity index is 721. The summed E-state index contributed by atoms with van der Waals surface area (Å²) in [5.41, 5.74) is 7.28. The van der Waals surface area contributed by atoms with Crippen LogP contribution >= 0.6 is 11.3 Å². The molecule has 1 aromatic heterocycles. The first-order chi connectivity index (χ1) is 9.83. The van der Waals surface area contributed by atoms with E-state index < -0.39 is 10.0 Å². The fourth-order valence-electron chi connectivity index (χ4n) is 2.11. The van der Waals surface area contributed by atoms with E-state index in [0.717, 1.165) is 21.1 Å². The van der Waals surface area contributed by atoms with E-state index in [1.54, 1.807) is 24.3 Å². The van der Waals surface area contributed by atoms with Gasteiger partial charge < -0.3 is 5.73 Å². The Labute approximate surface area is 129 Å². The van der Waals surface area contributed by atoms with Gasteiger partial charge in [-0.25, -0.2) is 18.1 Å². The third kappa shape index (κ3) is 3.68. The van der Waals surface area contributed by atoms with Crippen molar-refractivity contribution in [2.75, 3.05) is 0 Å². The molecule has 2 rings (SSSR count). The van der Waals surface area contributed by atoms with Crippen LogP contribution in [-0.4, -0.2) is 13.4 Å². The molecule has 3 N–H and O–H groups in total. The van der Waals surface area contributed by atoms with Crippen LogP contribution in [0.2, 0.25) is 0 Å². The van der Waals surface area contributed by atoms with Crippen molar-refractivity contribution in [2.24, 2.45) is 5.73 Å². The summed E-state index contributed by atoms with van der Waals surface area (Å²) in [6, 6.07) is 6.28. The Morgan fingerprint density at radius 2 is 1.90 bits per heavy atom. The van der Waals surface area contributed by atoms with Gasteiger partial charge in [-0.1, -0.05) is 12.1 Å². The lowest BCUT2D eigenvalue weighted by Gasteiger charge is -2.13. The van der Waals surface area contributed by atoms with E-state index in [4.69, 9.17) is 5.73 Å². The Balaban J connectivity index is 2.22. The molecule has 1 aromatic carbocycles. The van der Waals surface area contributed by atoms with Crippen LogP contribution in [0.1, 0.15) is 34.1 Å². The first-order valence-electron chi connectivity index (χ1n) is 6.58. The van der Waals surface area contributed by atoms with Crippen molar-refractivity contribution >= 4 is 21.4 Å². The maximum atomic E-state index is 12.4. The SMILES string of the molecule is Cc1nc(C)c(C(C)NS(=O)(=O)c2ccc(CN)cc2)s1. The maximum Gasteiger partial charge on any atom is 0.241 e. The number of thiazole rings is 1. The van der Waals surface area contributed by atoms with E-state index >= 15 is 0 Å². The van der Waals surface area contributed by atoms with Crippen LogP contribution in [0.5, 0.6) is 0 Å². The fourth-order valence-corrected chi connectivity index (χ4v) is 4.33. The normalized spacial score (nSPS) is 13.3. The average molecular weight is 325 g/mol. The van der Waals surface area contributed by atoms with Gasteiger partial charge in [-0.3, -0.25) is 0 Å². The lowest BCUT2D eigenvalue weighted by molar-refractivity contribution is 0.568. The summed E-state index contributed by atoms with van der Waals surface area (Å²) in [6.45, 7) is 6.02. The summed E-state index contributed by atoms with van der Waals surface area (Å²) >= 11 is 1.51. The standard InChI is InChI=1S/C14H19N3O2S2/c1-9-14(20-11(3)16-9)10(2)17-21(18,19)13-6-4-12(8-15)5-7-13/h4-7,10,17H,8,15H2,1-3H3. The molecule has 0 spiro atoms. The van der Waals surface area contributed by atoms with Gasteiger partial charge in [0.25, 0.3) is 0 Å². The zero-order chi connectivity index (χ0) is 15.6. The molecular formula is C14H19N3O2S2. The number of sulfonamides is 1. The van der Waals surface area contributed by atoms with Crippen molar-refractivity contribution < 1.29 is 8.42 Å². The summed E-state index contributed by atoms with van der Waals surface area (Å²) in [5.74, 6) is 0. The Hall–Kier alpha value is -1.28. The van der Waals surface area contributed by atoms with Crippen LogP contribution in [0, 0.1) is 13.8 Å². The average Bonchev–Trinajstić information content (AvgIpc) is 2.77. The quantitative estimate of drug-likeness (QED) is 0.883. The first-order valence-corrected chi connectivity index (χ1v) is 8.88. The Morgan fingerprint density at radius 3 is 2.38 bits per heavy atom. The van der Waals surface area contributed by atoms with E-state index in [1.165, 1.54) is 11.3 Å². The molecule has 1 atom stereocenters. The van der Waals surface area contributed by atoms with Crippen molar-refractivity contribution in [2.45, 2.75) is 38.3 Å². The van der Waals surface area contributed by atoms with E-state index in [-0.39, 0.29) is 10.9 Å². The van der Waals surface area contributed by atoms with Gasteiger partial charge >= 0.3 is 0 Å². The van der Waals surface area contributed by atoms with Gasteiger partial charge in [0.2, 0.25) is 10.0 Å². The number of hydrogen-bond donors (Lipinski definition) is 2. The third-order valence-electron chi connectivity index (χ3n) is 3.13. The number of hydrogen-bond acceptors (Lipinski definition) is 5. The maximum absolute atomic E-state index is 12.4. The number of rotatable bonds is 5. The van der Waals surface area contributed by atoms with Gasteiger partial charge in [-0.05, 0) is 38.5 Å². The summed E-state index contributed by atoms with van der Waals surface area (Å²) in [7, 11) is -3.55. The van der Waals surface area contributed by atoms with E-state index in [2.05, 4.69) is 9.71 Å². The highest BCUT2D eigenvalue weighted by Gasteiger charge is 2.21. The predicted octanol–water partition coefficient (Wildman–Crippen LogP) is 2.26. The van der Waals surface area contributed by atoms with Crippen LogP contribution in [0.15, 0.2) is 29.2 Å². The van der Waals surface area contributed by atoms with Gasteiger partial charge in [-0.15, -0.1) is 11.3 Å². The van der Waals surface area contributed by atoms with Gasteiger partial charge in [0.15, 0.2) is 0 Å². The zero-order valence-corrected chi connectivity index (χ0v) is 13.9. The van der Waals surface area contributed by atoms with E-state index in [9.17, 15) is 8.42 Å². The molecule has 0 saturated carbocycles. The van der Waals surface area contributed by atoms with Crippen LogP contribution < -0.4 is 10.5 Å². The number of nitrogens with two attached hydrogens (primary N) is 1. The molecule has 0 saturated heterocycles. The molecule has 0 amide bonds. The summed E-state index contributed by atoms with van der Waals surface area (Å²) in [5, 5.41) is 0.931. The molecule has 0 bridgehead atoms. The number of nitrogens with zero attached hydrogens (tertiary/aromatic N) is 1. The second-order valence-corrected chi connectivity index (χ2v) is 7.82. The summed E-state index contributed by atoms with van der Waals surface area (Å²) < 4.78 is 27.4. The van der Waals surface area contributed by atoms with Gasteiger partial charge in [0.05, 0.1) is 21.6 Å². The van der Waals surface area contributed by atoms with Crippen LogP contribution in [0.4, 0.5) is 0 Å². The van der Waals surface area contributed by atoms with Crippen molar-refractivity contribution in [3.8, 4) is 0 Å². The molecule has 21 heavy (non-hydrogen) atoms. The molecule has 0 aliphatic heterocycles. The summed E-state index contributed by atoms with van der Waals surface area (Å²) in [4.78, 5) is 5.51. The van der Waals surface area contributed by atoms with Gasteiger partial charge in [0.1, 0.15) is 0 Å². The lowest BCUT2D eigenvalue weighted by atomic mass is 10.2. The van der Waals surface area contributed by atoms with Gasteiger partial charge in [-0.2, -0.15) is 0 Å². The second kappa shape index (κ2) is 6.23. The van der Waals surface area contributed by atoms with Crippen LogP contribution in [-0.2, 0) is 16.6 Å². The second-order valence-electron chi connectivity index (χ2n) is 4.87. The van der Waals surface area contributed by atoms with E-state index in [1.807, 2.05) is 20.8 Å². The predicted molar refractivity (Wildman–Crippen MR) is 84.7 cm³/mol. The van der Waals surface area contributed by atoms with Crippen molar-refractivity contribution in [3.63, 3.8) is 0 Å². The van der Waals surface area contributed by atoms with Crippen molar-refractivity contribution in [1.29, 1.82) is 0 Å². The van der Waals surface area contributed by atoms with Crippen molar-refractivity contribution in [3.05, 3.63) is 45.4 Å². The third-order valence-corrected chi connectivity index (χ3v) is 5.95. The number of benzene rings is 1. The number of aryl methyl sites for hydroxylation is 2. The van der Waals surface area contributed by atoms with Crippen LogP contribution in [0.3, 0.4) is 0 Å². The minimum Gasteiger partial charge on any atom is -0.326 e. The lowest BCUT2D eigenvalue weighted by Crippen LogP contribution is -2.26. The molecule has 0 radical (unpaired) electrons. The molecule has 0 aliphatic rings. The molecule has 1 unspecified atom stereocenters. The Morgan fingerprint density at radius 1 is 1.29 bits per heavy atom. The summed E-state index contributed by atoms with van der Waals surface area (Å²) in [6.07, 6.45) is 0. The highest BCUT2D eigenvalue weighted by atomic mass is 32.2. The molecule has 0 fully saturated rings. The topological polar surface area (TPSA) is 85.1 Å². The van der Waals surface area contributed by atoms with E-state index in [0.29, 0.717) is 6.54 Å². The molecule has 0 aliphatic carbocycles. The van der Waals surface area contributed by atoms with Crippen molar-refractivity contribution in [1.82, 2.24) is 9.71 Å². The molecule has 1 heterocycles. The molecular weight excluding hydrogens is 306 g/mol. The largest absolute Gasteiger partial charge is 0.326 e. The minimum atomic E-state index is -3.55. The highest BCUT2D eigenvalue weighted by molar-refractivity contribution is 7.89. The molecule has 114 valence electrons. The number of aromatic nitrogens is 1. The molecule has 7 heteroatoms. The first kappa shape index (κ1) is 16.1. The smallest absolute Gasteiger partial charge is 0.241 e. The molecule has 2 aromatic rings.